The van der Waals surface area contributed by atoms with Gasteiger partial charge in [0.15, 0.2) is 0 Å². The molecule has 0 amide bonds. The van der Waals surface area contributed by atoms with Gasteiger partial charge in [-0.15, -0.1) is 11.3 Å². The smallest absolute Gasteiger partial charge is 0.136 e. The third kappa shape index (κ3) is 4.90. The van der Waals surface area contributed by atoms with Crippen LogP contribution in [0.1, 0.15) is 25.0 Å². The van der Waals surface area contributed by atoms with Crippen molar-refractivity contribution >= 4 is 59.3 Å². The second-order valence-electron chi connectivity index (χ2n) is 16.1. The van der Waals surface area contributed by atoms with Gasteiger partial charge in [0.1, 0.15) is 11.5 Å². The maximum Gasteiger partial charge on any atom is 0.136 e. The molecule has 0 spiro atoms. The molecule has 0 saturated carbocycles. The first kappa shape index (κ1) is 33.2. The quantitative estimate of drug-likeness (QED) is 0.173. The number of hydrogen-bond acceptors (Lipinski definition) is 3. The summed E-state index contributed by atoms with van der Waals surface area (Å²) in [5.41, 5.74) is 15.6. The molecule has 1 aliphatic carbocycles. The normalized spacial score (nSPS) is 13.3. The summed E-state index contributed by atoms with van der Waals surface area (Å²) >= 11 is 1.86. The van der Waals surface area contributed by atoms with Crippen LogP contribution in [0.2, 0.25) is 0 Å². The van der Waals surface area contributed by atoms with Gasteiger partial charge in [-0.25, -0.2) is 0 Å². The molecule has 2 aliphatic rings. The number of nitrogens with zero attached hydrogens (tertiary/aromatic N) is 1. The Hall–Kier alpha value is -6.94. The van der Waals surface area contributed by atoms with Crippen LogP contribution in [0.15, 0.2) is 188 Å². The lowest BCUT2D eigenvalue weighted by molar-refractivity contribution is 0.487. The molecule has 12 rings (SSSR count). The summed E-state index contributed by atoms with van der Waals surface area (Å²) in [6.45, 7) is 4.76. The first-order chi connectivity index (χ1) is 28.5. The summed E-state index contributed by atoms with van der Waals surface area (Å²) in [5.74, 6) is 1.76. The second kappa shape index (κ2) is 12.5. The fraction of sp³-hybridized carbons (Fsp3) is 0.0545. The fourth-order valence-electron chi connectivity index (χ4n) is 9.65. The predicted octanol–water partition coefficient (Wildman–Crippen LogP) is 16.1. The fourth-order valence-corrected chi connectivity index (χ4v) is 10.7. The van der Waals surface area contributed by atoms with Gasteiger partial charge in [0, 0.05) is 53.2 Å². The van der Waals surface area contributed by atoms with Crippen molar-refractivity contribution in [2.24, 2.45) is 0 Å². The molecular formula is C55H37NOS. The molecule has 10 aromatic rings. The van der Waals surface area contributed by atoms with E-state index in [2.05, 4.69) is 207 Å². The Bertz CT molecular complexity index is 3290. The SMILES string of the molecule is CC1(C)c2cc(-c3ccccc3)ccc2-c2c(N(c3ccc4sc5ccccc5c4c3)c3ccc4c5c(cccc35)-c3ccc(-c5ccccc5)cc3O4)cccc21. The molecular weight excluding hydrogens is 723 g/mol. The standard InChI is InChI=1S/C55H37NOS/c1-55(2)45-20-12-21-48(54(45)42-27-24-36(31-46(42)55)34-13-5-3-6-14-34)56(38-25-30-52-44(33-38)40-17-9-10-22-51(40)58-52)47-28-29-49-53-41(18-11-19-43(47)53)39-26-23-37(32-50(39)57-49)35-15-7-4-8-16-35/h3-33H,1-2H3. The average Bonchev–Trinajstić information content (AvgIpc) is 3.76. The molecule has 274 valence electrons. The van der Waals surface area contributed by atoms with Crippen LogP contribution in [0.5, 0.6) is 11.5 Å². The minimum atomic E-state index is -0.194. The van der Waals surface area contributed by atoms with Gasteiger partial charge in [-0.05, 0) is 105 Å². The van der Waals surface area contributed by atoms with Crippen LogP contribution in [0.4, 0.5) is 17.1 Å². The lowest BCUT2D eigenvalue weighted by Gasteiger charge is -2.31. The van der Waals surface area contributed by atoms with E-state index >= 15 is 0 Å². The predicted molar refractivity (Wildman–Crippen MR) is 245 cm³/mol. The number of fused-ring (bicyclic) bond motifs is 8. The van der Waals surface area contributed by atoms with Crippen LogP contribution in [-0.4, -0.2) is 0 Å². The lowest BCUT2D eigenvalue weighted by atomic mass is 9.81. The van der Waals surface area contributed by atoms with Crippen molar-refractivity contribution in [3.8, 4) is 56.0 Å². The van der Waals surface area contributed by atoms with E-state index in [1.54, 1.807) is 0 Å². The Morgan fingerprint density at radius 1 is 0.431 bits per heavy atom. The monoisotopic (exact) mass is 759 g/mol. The molecule has 0 radical (unpaired) electrons. The highest BCUT2D eigenvalue weighted by molar-refractivity contribution is 7.25. The van der Waals surface area contributed by atoms with E-state index in [4.69, 9.17) is 4.74 Å². The van der Waals surface area contributed by atoms with Gasteiger partial charge in [-0.3, -0.25) is 0 Å². The van der Waals surface area contributed by atoms with Gasteiger partial charge in [0.05, 0.1) is 11.4 Å². The maximum atomic E-state index is 6.83. The van der Waals surface area contributed by atoms with Crippen LogP contribution in [0, 0.1) is 0 Å². The van der Waals surface area contributed by atoms with E-state index in [1.165, 1.54) is 70.4 Å². The molecule has 0 bridgehead atoms. The number of anilines is 3. The summed E-state index contributed by atoms with van der Waals surface area (Å²) in [6.07, 6.45) is 0. The summed E-state index contributed by atoms with van der Waals surface area (Å²) in [6, 6.07) is 68.8. The van der Waals surface area contributed by atoms with Crippen molar-refractivity contribution in [1.29, 1.82) is 0 Å². The zero-order valence-corrected chi connectivity index (χ0v) is 33.0. The van der Waals surface area contributed by atoms with Gasteiger partial charge in [0.25, 0.3) is 0 Å². The molecule has 0 N–H and O–H groups in total. The van der Waals surface area contributed by atoms with Crippen molar-refractivity contribution in [3.63, 3.8) is 0 Å². The van der Waals surface area contributed by atoms with Crippen molar-refractivity contribution in [1.82, 2.24) is 0 Å². The summed E-state index contributed by atoms with van der Waals surface area (Å²) in [5, 5.41) is 4.85. The van der Waals surface area contributed by atoms with Crippen molar-refractivity contribution < 1.29 is 4.74 Å². The molecule has 1 aromatic heterocycles. The third-order valence-electron chi connectivity index (χ3n) is 12.5. The summed E-state index contributed by atoms with van der Waals surface area (Å²) in [4.78, 5) is 2.51. The van der Waals surface area contributed by atoms with Crippen LogP contribution in [0.3, 0.4) is 0 Å². The third-order valence-corrected chi connectivity index (χ3v) is 13.6. The largest absolute Gasteiger partial charge is 0.456 e. The average molecular weight is 760 g/mol. The van der Waals surface area contributed by atoms with Crippen molar-refractivity contribution in [3.05, 3.63) is 199 Å². The molecule has 9 aromatic carbocycles. The zero-order valence-electron chi connectivity index (χ0n) is 32.2. The second-order valence-corrected chi connectivity index (χ2v) is 17.1. The molecule has 0 unspecified atom stereocenters. The minimum Gasteiger partial charge on any atom is -0.456 e. The highest BCUT2D eigenvalue weighted by Gasteiger charge is 2.38. The molecule has 2 nitrogen and oxygen atoms in total. The van der Waals surface area contributed by atoms with E-state index in [9.17, 15) is 0 Å². The number of hydrogen-bond donors (Lipinski definition) is 0. The van der Waals surface area contributed by atoms with E-state index < -0.39 is 0 Å². The highest BCUT2D eigenvalue weighted by atomic mass is 32.1. The summed E-state index contributed by atoms with van der Waals surface area (Å²) in [7, 11) is 0. The first-order valence-corrected chi connectivity index (χ1v) is 20.8. The first-order valence-electron chi connectivity index (χ1n) is 20.0. The molecule has 0 atom stereocenters. The molecule has 3 heteroatoms. The summed E-state index contributed by atoms with van der Waals surface area (Å²) < 4.78 is 9.43. The van der Waals surface area contributed by atoms with Crippen LogP contribution >= 0.6 is 11.3 Å². The number of thiophene rings is 1. The van der Waals surface area contributed by atoms with Gasteiger partial charge in [-0.2, -0.15) is 0 Å². The van der Waals surface area contributed by atoms with Gasteiger partial charge in [-0.1, -0.05) is 141 Å². The van der Waals surface area contributed by atoms with Crippen LogP contribution in [0.25, 0.3) is 75.5 Å². The molecule has 58 heavy (non-hydrogen) atoms. The van der Waals surface area contributed by atoms with Crippen molar-refractivity contribution in [2.45, 2.75) is 19.3 Å². The Labute approximate surface area is 341 Å². The van der Waals surface area contributed by atoms with Gasteiger partial charge < -0.3 is 9.64 Å². The van der Waals surface area contributed by atoms with E-state index in [-0.39, 0.29) is 5.41 Å². The highest BCUT2D eigenvalue weighted by Crippen LogP contribution is 2.57. The Kier molecular flexibility index (Phi) is 7.18. The zero-order chi connectivity index (χ0) is 38.5. The molecule has 1 aliphatic heterocycles. The molecule has 0 saturated heterocycles. The Morgan fingerprint density at radius 3 is 1.93 bits per heavy atom. The maximum absolute atomic E-state index is 6.83. The lowest BCUT2D eigenvalue weighted by Crippen LogP contribution is -2.16. The van der Waals surface area contributed by atoms with E-state index in [1.807, 2.05) is 11.3 Å². The van der Waals surface area contributed by atoms with E-state index in [0.29, 0.717) is 0 Å². The number of benzene rings is 9. The number of ether oxygens (including phenoxy) is 1. The van der Waals surface area contributed by atoms with Crippen molar-refractivity contribution in [2.75, 3.05) is 4.90 Å². The minimum absolute atomic E-state index is 0.194. The Morgan fingerprint density at radius 2 is 1.12 bits per heavy atom. The van der Waals surface area contributed by atoms with Crippen LogP contribution in [-0.2, 0) is 5.41 Å². The van der Waals surface area contributed by atoms with Gasteiger partial charge in [0.2, 0.25) is 0 Å². The van der Waals surface area contributed by atoms with Crippen LogP contribution < -0.4 is 9.64 Å². The van der Waals surface area contributed by atoms with Gasteiger partial charge >= 0.3 is 0 Å². The van der Waals surface area contributed by atoms with E-state index in [0.717, 1.165) is 44.8 Å². The topological polar surface area (TPSA) is 12.5 Å². The molecule has 0 fully saturated rings. The molecule has 2 heterocycles. The Balaban J connectivity index is 1.10. The number of rotatable bonds is 5.